The highest BCUT2D eigenvalue weighted by atomic mass is 19.4. The summed E-state index contributed by atoms with van der Waals surface area (Å²) in [5.74, 6) is -1.20. The fourth-order valence-electron chi connectivity index (χ4n) is 5.22. The lowest BCUT2D eigenvalue weighted by atomic mass is 9.78. The van der Waals surface area contributed by atoms with E-state index in [0.717, 1.165) is 10.6 Å². The Kier molecular flexibility index (Phi) is 2.78. The highest BCUT2D eigenvalue weighted by Gasteiger charge is 2.84. The van der Waals surface area contributed by atoms with Crippen molar-refractivity contribution in [2.45, 2.75) is 43.2 Å². The summed E-state index contributed by atoms with van der Waals surface area (Å²) in [5.41, 5.74) is -4.93. The fraction of sp³-hybridized carbons (Fsp3) is 0.421. The molecule has 2 aliphatic heterocycles. The van der Waals surface area contributed by atoms with Crippen LogP contribution < -0.4 is 0 Å². The first-order valence-electron chi connectivity index (χ1n) is 8.62. The summed E-state index contributed by atoms with van der Waals surface area (Å²) in [6, 6.07) is 4.40. The molecule has 0 radical (unpaired) electrons. The van der Waals surface area contributed by atoms with E-state index < -0.39 is 45.9 Å². The number of rotatable bonds is 1. The van der Waals surface area contributed by atoms with E-state index in [0.29, 0.717) is 12.5 Å². The molecule has 6 nitrogen and oxygen atoms in total. The smallest absolute Gasteiger partial charge is 0.417 e. The summed E-state index contributed by atoms with van der Waals surface area (Å²) < 4.78 is 46.8. The van der Waals surface area contributed by atoms with Crippen LogP contribution >= 0.6 is 0 Å². The van der Waals surface area contributed by atoms with Gasteiger partial charge in [-0.25, -0.2) is 0 Å². The largest absolute Gasteiger partial charge is 0.494 e. The van der Waals surface area contributed by atoms with Crippen molar-refractivity contribution < 1.29 is 33.2 Å². The van der Waals surface area contributed by atoms with Crippen molar-refractivity contribution in [3.8, 4) is 23.5 Å². The van der Waals surface area contributed by atoms with Crippen molar-refractivity contribution in [2.24, 2.45) is 5.92 Å². The van der Waals surface area contributed by atoms with Crippen LogP contribution in [0.5, 0.6) is 11.8 Å². The molecule has 9 heteroatoms. The molecule has 0 amide bonds. The molecule has 146 valence electrons. The summed E-state index contributed by atoms with van der Waals surface area (Å²) in [6.07, 6.45) is -4.33. The number of ether oxygens (including phenoxy) is 1. The van der Waals surface area contributed by atoms with Gasteiger partial charge < -0.3 is 20.1 Å². The van der Waals surface area contributed by atoms with E-state index in [4.69, 9.17) is 10.00 Å². The quantitative estimate of drug-likeness (QED) is 0.693. The average Bonchev–Trinajstić information content (AvgIpc) is 3.11. The average molecular weight is 392 g/mol. The fourth-order valence-corrected chi connectivity index (χ4v) is 5.22. The Morgan fingerprint density at radius 3 is 2.46 bits per heavy atom. The number of hydrogen-bond donors (Lipinski definition) is 3. The predicted molar refractivity (Wildman–Crippen MR) is 87.7 cm³/mol. The van der Waals surface area contributed by atoms with Gasteiger partial charge in [0.25, 0.3) is 0 Å². The molecule has 4 atom stereocenters. The van der Waals surface area contributed by atoms with Crippen LogP contribution in [0.25, 0.3) is 5.69 Å². The van der Waals surface area contributed by atoms with Crippen molar-refractivity contribution in [3.63, 3.8) is 0 Å². The normalized spacial score (nSPS) is 34.8. The maximum Gasteiger partial charge on any atom is 0.417 e. The minimum absolute atomic E-state index is 0.150. The predicted octanol–water partition coefficient (Wildman–Crippen LogP) is 3.00. The van der Waals surface area contributed by atoms with Gasteiger partial charge >= 0.3 is 6.18 Å². The highest BCUT2D eigenvalue weighted by Crippen LogP contribution is 2.79. The lowest BCUT2D eigenvalue weighted by Crippen LogP contribution is -2.37. The first-order chi connectivity index (χ1) is 12.9. The van der Waals surface area contributed by atoms with E-state index in [1.807, 2.05) is 0 Å². The van der Waals surface area contributed by atoms with Gasteiger partial charge in [-0.05, 0) is 38.5 Å². The van der Waals surface area contributed by atoms with Crippen LogP contribution in [0.15, 0.2) is 18.2 Å². The highest BCUT2D eigenvalue weighted by molar-refractivity contribution is 5.65. The van der Waals surface area contributed by atoms with E-state index in [9.17, 15) is 28.5 Å². The minimum Gasteiger partial charge on any atom is -0.494 e. The summed E-state index contributed by atoms with van der Waals surface area (Å²) in [7, 11) is 0. The first-order valence-corrected chi connectivity index (χ1v) is 8.62. The Bertz CT molecular complexity index is 1120. The minimum atomic E-state index is -4.78. The molecular formula is C19H15F3N2O4. The molecule has 1 saturated heterocycles. The van der Waals surface area contributed by atoms with E-state index in [2.05, 4.69) is 0 Å². The van der Waals surface area contributed by atoms with E-state index >= 15 is 0 Å². The molecule has 3 heterocycles. The number of nitriles is 1. The van der Waals surface area contributed by atoms with Gasteiger partial charge in [0, 0.05) is 5.92 Å². The van der Waals surface area contributed by atoms with Crippen LogP contribution in [0.4, 0.5) is 13.2 Å². The van der Waals surface area contributed by atoms with Crippen LogP contribution in [0.3, 0.4) is 0 Å². The number of aromatic nitrogens is 1. The number of aromatic hydroxyl groups is 2. The van der Waals surface area contributed by atoms with Gasteiger partial charge in [-0.15, -0.1) is 0 Å². The Balaban J connectivity index is 1.76. The Hall–Kier alpha value is -2.70. The van der Waals surface area contributed by atoms with Gasteiger partial charge in [0.1, 0.15) is 16.8 Å². The summed E-state index contributed by atoms with van der Waals surface area (Å²) >= 11 is 0. The van der Waals surface area contributed by atoms with Crippen molar-refractivity contribution in [2.75, 3.05) is 0 Å². The number of halogens is 3. The summed E-state index contributed by atoms with van der Waals surface area (Å²) in [5, 5.41) is 41.4. The van der Waals surface area contributed by atoms with Crippen molar-refractivity contribution in [3.05, 3.63) is 40.5 Å². The molecule has 3 N–H and O–H groups in total. The third-order valence-electron chi connectivity index (χ3n) is 6.62. The molecule has 5 rings (SSSR count). The standard InChI is InChI=1S/C19H15F3N2O4/c1-16-11-6-18(11,27)17(2,28-16)13-12(16)14(25)24(15(13)26)9-4-3-8(7-23)10(5-9)19(20,21)22/h3-5,11,25-27H,6H2,1-2H3/t11-,16+,17+,18+/m0/s1. The van der Waals surface area contributed by atoms with Crippen molar-refractivity contribution >= 4 is 0 Å². The van der Waals surface area contributed by atoms with Crippen LogP contribution in [-0.2, 0) is 22.1 Å². The zero-order valence-corrected chi connectivity index (χ0v) is 14.8. The van der Waals surface area contributed by atoms with E-state index in [1.165, 1.54) is 12.1 Å². The SMILES string of the molecule is C[C@]12O[C@](C)(c3c1c(O)n(-c1ccc(C#N)c(C(F)(F)F)c1)c3O)[C@@]1(O)C[C@@H]21. The topological polar surface area (TPSA) is 98.6 Å². The van der Waals surface area contributed by atoms with Crippen LogP contribution in [-0.4, -0.2) is 25.5 Å². The molecular weight excluding hydrogens is 377 g/mol. The van der Waals surface area contributed by atoms with Crippen LogP contribution in [0.2, 0.25) is 0 Å². The molecule has 0 spiro atoms. The van der Waals surface area contributed by atoms with Gasteiger partial charge in [0.15, 0.2) is 0 Å². The maximum atomic E-state index is 13.3. The lowest BCUT2D eigenvalue weighted by Gasteiger charge is -2.28. The van der Waals surface area contributed by atoms with E-state index in [-0.39, 0.29) is 22.7 Å². The summed E-state index contributed by atoms with van der Waals surface area (Å²) in [6.45, 7) is 3.30. The Morgan fingerprint density at radius 1 is 1.21 bits per heavy atom. The first kappa shape index (κ1) is 17.4. The van der Waals surface area contributed by atoms with Gasteiger partial charge in [-0.3, -0.25) is 4.57 Å². The number of fused-ring (bicyclic) bond motifs is 8. The van der Waals surface area contributed by atoms with Gasteiger partial charge in [0.2, 0.25) is 11.8 Å². The molecule has 0 unspecified atom stereocenters. The third kappa shape index (κ3) is 1.63. The van der Waals surface area contributed by atoms with Crippen LogP contribution in [0.1, 0.15) is 42.5 Å². The van der Waals surface area contributed by atoms with Crippen molar-refractivity contribution in [1.82, 2.24) is 4.57 Å². The molecule has 1 saturated carbocycles. The van der Waals surface area contributed by atoms with Crippen molar-refractivity contribution in [1.29, 1.82) is 5.26 Å². The van der Waals surface area contributed by atoms with Gasteiger partial charge in [-0.1, -0.05) is 0 Å². The molecule has 3 aliphatic rings. The van der Waals surface area contributed by atoms with Gasteiger partial charge in [-0.2, -0.15) is 18.4 Å². The Morgan fingerprint density at radius 2 is 1.86 bits per heavy atom. The molecule has 1 aromatic carbocycles. The zero-order chi connectivity index (χ0) is 20.4. The number of hydrogen-bond acceptors (Lipinski definition) is 5. The van der Waals surface area contributed by atoms with E-state index in [1.54, 1.807) is 13.8 Å². The number of nitrogens with zero attached hydrogens (tertiary/aromatic N) is 2. The molecule has 2 bridgehead atoms. The molecule has 2 fully saturated rings. The maximum absolute atomic E-state index is 13.3. The molecule has 2 aromatic rings. The second kappa shape index (κ2) is 4.47. The number of alkyl halides is 3. The lowest BCUT2D eigenvalue weighted by molar-refractivity contribution is -0.137. The number of aliphatic hydroxyl groups is 1. The second-order valence-corrected chi connectivity index (χ2v) is 8.00. The second-order valence-electron chi connectivity index (χ2n) is 8.00. The monoisotopic (exact) mass is 392 g/mol. The molecule has 1 aromatic heterocycles. The molecule has 28 heavy (non-hydrogen) atoms. The van der Waals surface area contributed by atoms with Crippen LogP contribution in [0, 0.1) is 17.2 Å². The number of benzene rings is 1. The van der Waals surface area contributed by atoms with Gasteiger partial charge in [0.05, 0.1) is 34.0 Å². The Labute approximate surface area is 157 Å². The summed E-state index contributed by atoms with van der Waals surface area (Å²) in [4.78, 5) is 0. The third-order valence-corrected chi connectivity index (χ3v) is 6.62. The molecule has 1 aliphatic carbocycles. The zero-order valence-electron chi connectivity index (χ0n) is 14.8.